The Kier molecular flexibility index (Phi) is 6.71. The van der Waals surface area contributed by atoms with Gasteiger partial charge < -0.3 is 25.2 Å². The van der Waals surface area contributed by atoms with Crippen LogP contribution >= 0.6 is 0 Å². The fourth-order valence-corrected chi connectivity index (χ4v) is 2.94. The molecular formula is C19H27N3O6. The van der Waals surface area contributed by atoms with Crippen LogP contribution in [-0.4, -0.2) is 53.4 Å². The van der Waals surface area contributed by atoms with Crippen molar-refractivity contribution in [3.8, 4) is 5.75 Å². The van der Waals surface area contributed by atoms with E-state index in [0.29, 0.717) is 16.9 Å². The van der Waals surface area contributed by atoms with Gasteiger partial charge in [0, 0.05) is 5.56 Å². The van der Waals surface area contributed by atoms with Gasteiger partial charge in [-0.15, -0.1) is 0 Å². The van der Waals surface area contributed by atoms with Crippen LogP contribution in [0.1, 0.15) is 51.3 Å². The van der Waals surface area contributed by atoms with Crippen molar-refractivity contribution in [2.75, 3.05) is 19.8 Å². The molecule has 1 aromatic carbocycles. The average Bonchev–Trinajstić information content (AvgIpc) is 2.79. The largest absolute Gasteiger partial charge is 0.491 e. The van der Waals surface area contributed by atoms with Gasteiger partial charge in [-0.1, -0.05) is 17.3 Å². The molecule has 0 fully saturated rings. The van der Waals surface area contributed by atoms with Crippen molar-refractivity contribution in [1.82, 2.24) is 4.90 Å². The van der Waals surface area contributed by atoms with Crippen molar-refractivity contribution in [2.45, 2.75) is 45.8 Å². The second kappa shape index (κ2) is 8.81. The van der Waals surface area contributed by atoms with Crippen molar-refractivity contribution in [3.05, 3.63) is 29.3 Å². The number of oxime groups is 1. The van der Waals surface area contributed by atoms with Crippen LogP contribution < -0.4 is 10.5 Å². The maximum absolute atomic E-state index is 12.8. The van der Waals surface area contributed by atoms with Crippen LogP contribution in [0.3, 0.4) is 0 Å². The normalized spacial score (nSPS) is 17.2. The quantitative estimate of drug-likeness (QED) is 0.265. The van der Waals surface area contributed by atoms with Crippen LogP contribution in [0, 0.1) is 0 Å². The zero-order valence-electron chi connectivity index (χ0n) is 16.6. The van der Waals surface area contributed by atoms with Crippen LogP contribution in [0.5, 0.6) is 5.75 Å². The predicted octanol–water partition coefficient (Wildman–Crippen LogP) is 2.40. The third-order valence-corrected chi connectivity index (χ3v) is 4.04. The van der Waals surface area contributed by atoms with Gasteiger partial charge in [0.25, 0.3) is 0 Å². The highest BCUT2D eigenvalue weighted by Crippen LogP contribution is 2.37. The summed E-state index contributed by atoms with van der Waals surface area (Å²) >= 11 is 0. The molecule has 1 heterocycles. The van der Waals surface area contributed by atoms with Gasteiger partial charge in [-0.2, -0.15) is 0 Å². The van der Waals surface area contributed by atoms with E-state index in [0.717, 1.165) is 0 Å². The van der Waals surface area contributed by atoms with E-state index in [1.54, 1.807) is 45.9 Å². The molecule has 1 aliphatic heterocycles. The summed E-state index contributed by atoms with van der Waals surface area (Å²) in [5, 5.41) is 12.1. The van der Waals surface area contributed by atoms with Gasteiger partial charge in [0.1, 0.15) is 18.0 Å². The number of hydrogen-bond acceptors (Lipinski definition) is 7. The number of esters is 1. The molecule has 9 heteroatoms. The summed E-state index contributed by atoms with van der Waals surface area (Å²) in [5.74, 6) is -0.223. The van der Waals surface area contributed by atoms with E-state index < -0.39 is 23.7 Å². The molecule has 0 radical (unpaired) electrons. The second-order valence-corrected chi connectivity index (χ2v) is 7.26. The molecule has 2 rings (SSSR count). The molecule has 0 bridgehead atoms. The summed E-state index contributed by atoms with van der Waals surface area (Å²) < 4.78 is 16.4. The highest BCUT2D eigenvalue weighted by Gasteiger charge is 2.36. The van der Waals surface area contributed by atoms with Gasteiger partial charge >= 0.3 is 12.1 Å². The molecule has 0 saturated carbocycles. The Morgan fingerprint density at radius 1 is 1.39 bits per heavy atom. The van der Waals surface area contributed by atoms with Crippen LogP contribution in [0.15, 0.2) is 23.4 Å². The third-order valence-electron chi connectivity index (χ3n) is 4.04. The Balaban J connectivity index is 2.51. The Morgan fingerprint density at radius 3 is 2.71 bits per heavy atom. The number of carbonyl (C=O) groups excluding carboxylic acids is 2. The molecule has 1 amide bonds. The Morgan fingerprint density at radius 2 is 2.11 bits per heavy atom. The lowest BCUT2D eigenvalue weighted by Crippen LogP contribution is -2.41. The van der Waals surface area contributed by atoms with Gasteiger partial charge in [-0.25, -0.2) is 4.79 Å². The summed E-state index contributed by atoms with van der Waals surface area (Å²) in [6, 6.07) is 4.37. The Bertz CT molecular complexity index is 757. The zero-order chi connectivity index (χ0) is 20.9. The van der Waals surface area contributed by atoms with Gasteiger partial charge in [-0.05, 0) is 33.8 Å². The highest BCUT2D eigenvalue weighted by molar-refractivity contribution is 6.00. The van der Waals surface area contributed by atoms with Crippen LogP contribution in [-0.2, 0) is 14.3 Å². The minimum atomic E-state index is -0.697. The molecule has 0 saturated heterocycles. The average molecular weight is 393 g/mol. The van der Waals surface area contributed by atoms with Crippen molar-refractivity contribution in [1.29, 1.82) is 0 Å². The SMILES string of the molecule is CCOC(=O)CC1c2cccc(/C(N)=N\O)c2OCCN1C(=O)OC(C)(C)C. The summed E-state index contributed by atoms with van der Waals surface area (Å²) in [6.45, 7) is 7.60. The van der Waals surface area contributed by atoms with Crippen molar-refractivity contribution in [3.63, 3.8) is 0 Å². The van der Waals surface area contributed by atoms with Crippen molar-refractivity contribution in [2.24, 2.45) is 10.9 Å². The summed E-state index contributed by atoms with van der Waals surface area (Å²) in [6.07, 6.45) is -0.643. The van der Waals surface area contributed by atoms with E-state index in [9.17, 15) is 9.59 Å². The van der Waals surface area contributed by atoms with Crippen molar-refractivity contribution >= 4 is 17.9 Å². The lowest BCUT2D eigenvalue weighted by Gasteiger charge is -2.31. The van der Waals surface area contributed by atoms with E-state index in [-0.39, 0.29) is 32.0 Å². The maximum atomic E-state index is 12.8. The molecule has 1 aliphatic rings. The fourth-order valence-electron chi connectivity index (χ4n) is 2.94. The highest BCUT2D eigenvalue weighted by atomic mass is 16.6. The number of para-hydroxylation sites is 1. The Labute approximate surface area is 164 Å². The first-order valence-corrected chi connectivity index (χ1v) is 9.06. The number of fused-ring (bicyclic) bond motifs is 1. The molecule has 1 aromatic rings. The minimum absolute atomic E-state index is 0.0803. The fraction of sp³-hybridized carbons (Fsp3) is 0.526. The zero-order valence-corrected chi connectivity index (χ0v) is 16.6. The number of benzene rings is 1. The maximum Gasteiger partial charge on any atom is 0.410 e. The van der Waals surface area contributed by atoms with E-state index in [2.05, 4.69) is 5.16 Å². The number of nitrogens with zero attached hydrogens (tertiary/aromatic N) is 2. The van der Waals surface area contributed by atoms with Crippen LogP contribution in [0.25, 0.3) is 0 Å². The number of nitrogens with two attached hydrogens (primary N) is 1. The molecule has 0 aliphatic carbocycles. The van der Waals surface area contributed by atoms with Gasteiger partial charge in [0.2, 0.25) is 0 Å². The number of amides is 1. The molecule has 0 aromatic heterocycles. The van der Waals surface area contributed by atoms with E-state index >= 15 is 0 Å². The molecule has 1 atom stereocenters. The molecule has 154 valence electrons. The molecule has 3 N–H and O–H groups in total. The molecule has 0 spiro atoms. The number of hydrogen-bond donors (Lipinski definition) is 2. The topological polar surface area (TPSA) is 124 Å². The first-order chi connectivity index (χ1) is 13.2. The van der Waals surface area contributed by atoms with E-state index in [1.165, 1.54) is 4.90 Å². The Hall–Kier alpha value is -2.97. The standard InChI is InChI=1S/C19H27N3O6/c1-5-26-15(23)11-14-12-7-6-8-13(17(20)21-25)16(12)27-10-9-22(14)18(24)28-19(2,3)4/h6-8,14,25H,5,9-11H2,1-4H3,(H2,20,21). The van der Waals surface area contributed by atoms with Gasteiger partial charge in [-0.3, -0.25) is 9.69 Å². The first kappa shape index (κ1) is 21.3. The summed E-state index contributed by atoms with van der Waals surface area (Å²) in [7, 11) is 0. The molecular weight excluding hydrogens is 366 g/mol. The van der Waals surface area contributed by atoms with Crippen LogP contribution in [0.4, 0.5) is 4.79 Å². The second-order valence-electron chi connectivity index (χ2n) is 7.26. The van der Waals surface area contributed by atoms with Crippen molar-refractivity contribution < 1.29 is 29.0 Å². The number of carbonyl (C=O) groups is 2. The van der Waals surface area contributed by atoms with Crippen LogP contribution in [0.2, 0.25) is 0 Å². The molecule has 1 unspecified atom stereocenters. The lowest BCUT2D eigenvalue weighted by atomic mass is 9.98. The van der Waals surface area contributed by atoms with Gasteiger partial charge in [0.15, 0.2) is 5.84 Å². The summed E-state index contributed by atoms with van der Waals surface area (Å²) in [5.41, 5.74) is 6.00. The summed E-state index contributed by atoms with van der Waals surface area (Å²) in [4.78, 5) is 26.5. The number of rotatable bonds is 4. The molecule has 9 nitrogen and oxygen atoms in total. The monoisotopic (exact) mass is 393 g/mol. The third kappa shape index (κ3) is 5.05. The molecule has 28 heavy (non-hydrogen) atoms. The smallest absolute Gasteiger partial charge is 0.410 e. The number of amidine groups is 1. The lowest BCUT2D eigenvalue weighted by molar-refractivity contribution is -0.144. The minimum Gasteiger partial charge on any atom is -0.491 e. The predicted molar refractivity (Wildman–Crippen MR) is 101 cm³/mol. The van der Waals surface area contributed by atoms with Gasteiger partial charge in [0.05, 0.1) is 31.2 Å². The van der Waals surface area contributed by atoms with E-state index in [4.69, 9.17) is 25.2 Å². The number of ether oxygens (including phenoxy) is 3. The first-order valence-electron chi connectivity index (χ1n) is 9.06. The van der Waals surface area contributed by atoms with E-state index in [1.807, 2.05) is 0 Å².